The second-order valence-corrected chi connectivity index (χ2v) is 3.45. The predicted octanol–water partition coefficient (Wildman–Crippen LogP) is 2.17. The molecule has 0 aliphatic heterocycles. The molecule has 3 heteroatoms. The molecule has 14 heavy (non-hydrogen) atoms. The molecule has 1 aromatic rings. The van der Waals surface area contributed by atoms with E-state index in [9.17, 15) is 4.39 Å². The minimum Gasteiger partial charge on any atom is -0.385 e. The summed E-state index contributed by atoms with van der Waals surface area (Å²) in [5, 5.41) is 0. The summed E-state index contributed by atoms with van der Waals surface area (Å²) >= 11 is 0. The maximum atomic E-state index is 13.0. The molecule has 0 heterocycles. The second-order valence-electron chi connectivity index (χ2n) is 3.45. The lowest BCUT2D eigenvalue weighted by molar-refractivity contribution is 0.188. The molecule has 0 radical (unpaired) electrons. The van der Waals surface area contributed by atoms with Crippen molar-refractivity contribution in [3.05, 3.63) is 35.1 Å². The zero-order valence-electron chi connectivity index (χ0n) is 8.59. The fourth-order valence-corrected chi connectivity index (χ4v) is 1.39. The highest BCUT2D eigenvalue weighted by Gasteiger charge is 2.07. The number of aryl methyl sites for hydroxylation is 1. The zero-order valence-corrected chi connectivity index (χ0v) is 8.59. The van der Waals surface area contributed by atoms with Crippen LogP contribution in [0.15, 0.2) is 18.2 Å². The van der Waals surface area contributed by atoms with Gasteiger partial charge in [-0.1, -0.05) is 6.07 Å². The van der Waals surface area contributed by atoms with Crippen LogP contribution in [0.5, 0.6) is 0 Å². The van der Waals surface area contributed by atoms with Gasteiger partial charge in [-0.3, -0.25) is 0 Å². The maximum absolute atomic E-state index is 13.0. The number of ether oxygens (including phenoxy) is 1. The van der Waals surface area contributed by atoms with Gasteiger partial charge in [-0.2, -0.15) is 0 Å². The van der Waals surface area contributed by atoms with E-state index in [-0.39, 0.29) is 11.9 Å². The lowest BCUT2D eigenvalue weighted by Gasteiger charge is -2.12. The lowest BCUT2D eigenvalue weighted by atomic mass is 10.0. The molecule has 0 saturated heterocycles. The SMILES string of the molecule is COCCC(N)c1cc(C)cc(F)c1. The Labute approximate surface area is 83.9 Å². The van der Waals surface area contributed by atoms with Gasteiger partial charge in [0.05, 0.1) is 0 Å². The van der Waals surface area contributed by atoms with E-state index in [4.69, 9.17) is 10.5 Å². The van der Waals surface area contributed by atoms with Crippen LogP contribution in [0.1, 0.15) is 23.6 Å². The van der Waals surface area contributed by atoms with Crippen LogP contribution in [-0.2, 0) is 4.74 Å². The van der Waals surface area contributed by atoms with Gasteiger partial charge in [-0.15, -0.1) is 0 Å². The van der Waals surface area contributed by atoms with E-state index in [1.807, 2.05) is 13.0 Å². The van der Waals surface area contributed by atoms with E-state index in [1.165, 1.54) is 12.1 Å². The quantitative estimate of drug-likeness (QED) is 0.802. The third-order valence-corrected chi connectivity index (χ3v) is 2.13. The average molecular weight is 197 g/mol. The van der Waals surface area contributed by atoms with Gasteiger partial charge in [0.25, 0.3) is 0 Å². The number of hydrogen-bond acceptors (Lipinski definition) is 2. The van der Waals surface area contributed by atoms with Gasteiger partial charge in [0.15, 0.2) is 0 Å². The molecule has 2 N–H and O–H groups in total. The van der Waals surface area contributed by atoms with Crippen LogP contribution in [0.2, 0.25) is 0 Å². The van der Waals surface area contributed by atoms with Crippen LogP contribution in [0.25, 0.3) is 0 Å². The van der Waals surface area contributed by atoms with Gasteiger partial charge in [-0.25, -0.2) is 4.39 Å². The fraction of sp³-hybridized carbons (Fsp3) is 0.455. The monoisotopic (exact) mass is 197 g/mol. The number of benzene rings is 1. The van der Waals surface area contributed by atoms with E-state index >= 15 is 0 Å². The number of methoxy groups -OCH3 is 1. The molecule has 0 fully saturated rings. The highest BCUT2D eigenvalue weighted by atomic mass is 19.1. The van der Waals surface area contributed by atoms with Crippen LogP contribution in [-0.4, -0.2) is 13.7 Å². The van der Waals surface area contributed by atoms with Crippen molar-refractivity contribution in [1.29, 1.82) is 0 Å². The average Bonchev–Trinajstić information content (AvgIpc) is 2.12. The summed E-state index contributed by atoms with van der Waals surface area (Å²) in [7, 11) is 1.63. The van der Waals surface area contributed by atoms with Gasteiger partial charge in [0, 0.05) is 19.8 Å². The van der Waals surface area contributed by atoms with E-state index in [0.717, 1.165) is 11.1 Å². The molecule has 0 aliphatic carbocycles. The van der Waals surface area contributed by atoms with E-state index in [0.29, 0.717) is 13.0 Å². The molecule has 0 aliphatic rings. The van der Waals surface area contributed by atoms with E-state index in [1.54, 1.807) is 7.11 Å². The first-order valence-electron chi connectivity index (χ1n) is 4.65. The van der Waals surface area contributed by atoms with Crippen molar-refractivity contribution in [2.75, 3.05) is 13.7 Å². The van der Waals surface area contributed by atoms with Crippen LogP contribution in [0.3, 0.4) is 0 Å². The molecule has 0 amide bonds. The van der Waals surface area contributed by atoms with E-state index in [2.05, 4.69) is 0 Å². The van der Waals surface area contributed by atoms with E-state index < -0.39 is 0 Å². The Bertz CT molecular complexity index is 281. The van der Waals surface area contributed by atoms with Crippen molar-refractivity contribution in [1.82, 2.24) is 0 Å². The fourth-order valence-electron chi connectivity index (χ4n) is 1.39. The zero-order chi connectivity index (χ0) is 10.6. The summed E-state index contributed by atoms with van der Waals surface area (Å²) in [5.74, 6) is -0.229. The Hall–Kier alpha value is -0.930. The molecule has 2 nitrogen and oxygen atoms in total. The van der Waals surface area contributed by atoms with Gasteiger partial charge < -0.3 is 10.5 Å². The van der Waals surface area contributed by atoms with Gasteiger partial charge >= 0.3 is 0 Å². The molecular formula is C11H16FNO. The van der Waals surface area contributed by atoms with Gasteiger partial charge in [0.1, 0.15) is 5.82 Å². The highest BCUT2D eigenvalue weighted by molar-refractivity contribution is 5.25. The first-order valence-corrected chi connectivity index (χ1v) is 4.65. The Morgan fingerprint density at radius 1 is 1.43 bits per heavy atom. The summed E-state index contributed by atoms with van der Waals surface area (Å²) in [6.07, 6.45) is 0.708. The first-order chi connectivity index (χ1) is 6.63. The topological polar surface area (TPSA) is 35.2 Å². The van der Waals surface area contributed by atoms with Crippen LogP contribution in [0, 0.1) is 12.7 Å². The van der Waals surface area contributed by atoms with Crippen molar-refractivity contribution < 1.29 is 9.13 Å². The Kier molecular flexibility index (Phi) is 4.04. The molecule has 1 rings (SSSR count). The molecule has 0 saturated carbocycles. The predicted molar refractivity (Wildman–Crippen MR) is 54.6 cm³/mol. The largest absolute Gasteiger partial charge is 0.385 e. The number of nitrogens with two attached hydrogens (primary N) is 1. The lowest BCUT2D eigenvalue weighted by Crippen LogP contribution is -2.13. The summed E-state index contributed by atoms with van der Waals surface area (Å²) in [5.41, 5.74) is 7.60. The van der Waals surface area contributed by atoms with Gasteiger partial charge in [-0.05, 0) is 36.6 Å². The minimum absolute atomic E-state index is 0.149. The van der Waals surface area contributed by atoms with Crippen molar-refractivity contribution in [2.45, 2.75) is 19.4 Å². The third kappa shape index (κ3) is 3.09. The maximum Gasteiger partial charge on any atom is 0.123 e. The third-order valence-electron chi connectivity index (χ3n) is 2.13. The minimum atomic E-state index is -0.229. The number of hydrogen-bond donors (Lipinski definition) is 1. The van der Waals surface area contributed by atoms with Crippen molar-refractivity contribution in [2.24, 2.45) is 5.73 Å². The van der Waals surface area contributed by atoms with Crippen LogP contribution in [0.4, 0.5) is 4.39 Å². The standard InChI is InChI=1S/C11H16FNO/c1-8-5-9(7-10(12)6-8)11(13)3-4-14-2/h5-7,11H,3-4,13H2,1-2H3. The Morgan fingerprint density at radius 2 is 2.14 bits per heavy atom. The molecule has 0 aromatic heterocycles. The molecule has 78 valence electrons. The summed E-state index contributed by atoms with van der Waals surface area (Å²) in [6.45, 7) is 2.45. The van der Waals surface area contributed by atoms with Crippen LogP contribution >= 0.6 is 0 Å². The Balaban J connectivity index is 2.73. The summed E-state index contributed by atoms with van der Waals surface area (Å²) < 4.78 is 17.9. The van der Waals surface area contributed by atoms with Crippen LogP contribution < -0.4 is 5.73 Å². The highest BCUT2D eigenvalue weighted by Crippen LogP contribution is 2.17. The molecule has 1 atom stereocenters. The molecule has 1 unspecified atom stereocenters. The van der Waals surface area contributed by atoms with Crippen molar-refractivity contribution >= 4 is 0 Å². The van der Waals surface area contributed by atoms with Gasteiger partial charge in [0.2, 0.25) is 0 Å². The Morgan fingerprint density at radius 3 is 2.71 bits per heavy atom. The summed E-state index contributed by atoms with van der Waals surface area (Å²) in [6, 6.07) is 4.73. The number of halogens is 1. The second kappa shape index (κ2) is 5.08. The molecule has 1 aromatic carbocycles. The van der Waals surface area contributed by atoms with Crippen molar-refractivity contribution in [3.8, 4) is 0 Å². The number of rotatable bonds is 4. The molecular weight excluding hydrogens is 181 g/mol. The first kappa shape index (κ1) is 11.1. The molecule has 0 spiro atoms. The smallest absolute Gasteiger partial charge is 0.123 e. The summed E-state index contributed by atoms with van der Waals surface area (Å²) in [4.78, 5) is 0. The molecule has 0 bridgehead atoms. The van der Waals surface area contributed by atoms with Crippen molar-refractivity contribution in [3.63, 3.8) is 0 Å². The normalized spacial score (nSPS) is 12.9.